The van der Waals surface area contributed by atoms with E-state index in [1.165, 1.54) is 0 Å². The zero-order valence-corrected chi connectivity index (χ0v) is 9.49. The Balaban J connectivity index is 3.46. The predicted octanol–water partition coefficient (Wildman–Crippen LogP) is 1.02. The summed E-state index contributed by atoms with van der Waals surface area (Å²) in [6, 6.07) is 0. The molecule has 0 saturated carbocycles. The third-order valence-corrected chi connectivity index (χ3v) is 1.92. The van der Waals surface area contributed by atoms with Crippen LogP contribution in [0.5, 0.6) is 0 Å². The highest BCUT2D eigenvalue weighted by Crippen LogP contribution is 1.94. The Hall–Kier alpha value is -1.16. The SMILES string of the molecule is C=C(C)C(=O)OCCN(C)CCCC=O. The van der Waals surface area contributed by atoms with Crippen LogP contribution in [0.4, 0.5) is 0 Å². The summed E-state index contributed by atoms with van der Waals surface area (Å²) in [7, 11) is 1.93. The molecule has 15 heavy (non-hydrogen) atoms. The lowest BCUT2D eigenvalue weighted by Gasteiger charge is -2.15. The van der Waals surface area contributed by atoms with Gasteiger partial charge < -0.3 is 14.4 Å². The number of hydrogen-bond acceptors (Lipinski definition) is 4. The van der Waals surface area contributed by atoms with E-state index in [-0.39, 0.29) is 5.97 Å². The largest absolute Gasteiger partial charge is 0.461 e. The van der Waals surface area contributed by atoms with Gasteiger partial charge in [0.05, 0.1) is 0 Å². The molecule has 86 valence electrons. The van der Waals surface area contributed by atoms with Crippen LogP contribution in [-0.2, 0) is 14.3 Å². The lowest BCUT2D eigenvalue weighted by molar-refractivity contribution is -0.139. The number of ether oxygens (including phenoxy) is 1. The fourth-order valence-corrected chi connectivity index (χ4v) is 0.974. The first-order valence-electron chi connectivity index (χ1n) is 5.02. The van der Waals surface area contributed by atoms with Crippen molar-refractivity contribution in [2.45, 2.75) is 19.8 Å². The zero-order chi connectivity index (χ0) is 11.7. The Morgan fingerprint density at radius 2 is 2.13 bits per heavy atom. The quantitative estimate of drug-likeness (QED) is 0.261. The molecule has 0 N–H and O–H groups in total. The first-order chi connectivity index (χ1) is 7.07. The van der Waals surface area contributed by atoms with E-state index in [9.17, 15) is 9.59 Å². The van der Waals surface area contributed by atoms with Crippen molar-refractivity contribution in [2.24, 2.45) is 0 Å². The molecule has 0 aromatic heterocycles. The first-order valence-corrected chi connectivity index (χ1v) is 5.02. The molecular formula is C11H19NO3. The van der Waals surface area contributed by atoms with Crippen LogP contribution in [0.1, 0.15) is 19.8 Å². The molecule has 0 rings (SSSR count). The predicted molar refractivity (Wildman–Crippen MR) is 58.6 cm³/mol. The van der Waals surface area contributed by atoms with Crippen molar-refractivity contribution >= 4 is 12.3 Å². The van der Waals surface area contributed by atoms with E-state index >= 15 is 0 Å². The molecule has 0 aromatic rings. The molecule has 0 atom stereocenters. The van der Waals surface area contributed by atoms with Crippen molar-refractivity contribution in [3.8, 4) is 0 Å². The number of hydrogen-bond donors (Lipinski definition) is 0. The van der Waals surface area contributed by atoms with Crippen molar-refractivity contribution in [1.82, 2.24) is 4.90 Å². The average molecular weight is 213 g/mol. The van der Waals surface area contributed by atoms with Gasteiger partial charge >= 0.3 is 5.97 Å². The number of likely N-dealkylation sites (N-methyl/N-ethyl adjacent to an activating group) is 1. The molecule has 0 aliphatic carbocycles. The van der Waals surface area contributed by atoms with Gasteiger partial charge in [0.2, 0.25) is 0 Å². The van der Waals surface area contributed by atoms with Gasteiger partial charge in [-0.25, -0.2) is 4.79 Å². The second-order valence-corrected chi connectivity index (χ2v) is 3.53. The molecule has 0 unspecified atom stereocenters. The number of unbranched alkanes of at least 4 members (excludes halogenated alkanes) is 1. The van der Waals surface area contributed by atoms with E-state index in [0.29, 0.717) is 25.1 Å². The van der Waals surface area contributed by atoms with Gasteiger partial charge in [-0.05, 0) is 26.9 Å². The maximum absolute atomic E-state index is 11.0. The lowest BCUT2D eigenvalue weighted by Crippen LogP contribution is -2.25. The Kier molecular flexibility index (Phi) is 7.54. The van der Waals surface area contributed by atoms with Gasteiger partial charge in [0, 0.05) is 18.5 Å². The van der Waals surface area contributed by atoms with Crippen LogP contribution in [0.25, 0.3) is 0 Å². The molecular weight excluding hydrogens is 194 g/mol. The van der Waals surface area contributed by atoms with Crippen LogP contribution in [0.15, 0.2) is 12.2 Å². The number of carbonyl (C=O) groups is 2. The van der Waals surface area contributed by atoms with Gasteiger partial charge in [-0.1, -0.05) is 6.58 Å². The van der Waals surface area contributed by atoms with Gasteiger partial charge in [-0.15, -0.1) is 0 Å². The minimum Gasteiger partial charge on any atom is -0.461 e. The summed E-state index contributed by atoms with van der Waals surface area (Å²) in [5.74, 6) is -0.351. The number of aldehydes is 1. The topological polar surface area (TPSA) is 46.6 Å². The fourth-order valence-electron chi connectivity index (χ4n) is 0.974. The van der Waals surface area contributed by atoms with E-state index in [0.717, 1.165) is 19.3 Å². The van der Waals surface area contributed by atoms with Crippen molar-refractivity contribution < 1.29 is 14.3 Å². The standard InChI is InChI=1S/C11H19NO3/c1-10(2)11(14)15-9-7-12(3)6-4-5-8-13/h8H,1,4-7,9H2,2-3H3. The van der Waals surface area contributed by atoms with Crippen LogP contribution in [0, 0.1) is 0 Å². The number of esters is 1. The van der Waals surface area contributed by atoms with Crippen LogP contribution < -0.4 is 0 Å². The first kappa shape index (κ1) is 13.8. The molecule has 0 saturated heterocycles. The number of nitrogens with zero attached hydrogens (tertiary/aromatic N) is 1. The van der Waals surface area contributed by atoms with E-state index in [1.807, 2.05) is 11.9 Å². The van der Waals surface area contributed by atoms with E-state index in [4.69, 9.17) is 4.74 Å². The summed E-state index contributed by atoms with van der Waals surface area (Å²) in [5.41, 5.74) is 0.415. The third kappa shape index (κ3) is 7.88. The molecule has 0 radical (unpaired) electrons. The van der Waals surface area contributed by atoms with Crippen LogP contribution in [0.3, 0.4) is 0 Å². The van der Waals surface area contributed by atoms with Crippen LogP contribution >= 0.6 is 0 Å². The normalized spacial score (nSPS) is 10.1. The van der Waals surface area contributed by atoms with E-state index < -0.39 is 0 Å². The Morgan fingerprint density at radius 1 is 1.47 bits per heavy atom. The van der Waals surface area contributed by atoms with E-state index in [2.05, 4.69) is 6.58 Å². The van der Waals surface area contributed by atoms with Crippen LogP contribution in [0.2, 0.25) is 0 Å². The van der Waals surface area contributed by atoms with Gasteiger partial charge in [-0.2, -0.15) is 0 Å². The maximum atomic E-state index is 11.0. The molecule has 4 nitrogen and oxygen atoms in total. The van der Waals surface area contributed by atoms with Crippen LogP contribution in [-0.4, -0.2) is 43.9 Å². The molecule has 0 spiro atoms. The molecule has 0 fully saturated rings. The summed E-state index contributed by atoms with van der Waals surface area (Å²) < 4.78 is 4.93. The highest BCUT2D eigenvalue weighted by atomic mass is 16.5. The molecule has 0 bridgehead atoms. The second kappa shape index (κ2) is 8.17. The highest BCUT2D eigenvalue weighted by Gasteiger charge is 2.03. The lowest BCUT2D eigenvalue weighted by atomic mass is 10.3. The molecule has 0 aliphatic heterocycles. The number of rotatable bonds is 8. The molecule has 0 heterocycles. The zero-order valence-electron chi connectivity index (χ0n) is 9.49. The fraction of sp³-hybridized carbons (Fsp3) is 0.636. The monoisotopic (exact) mass is 213 g/mol. The minimum atomic E-state index is -0.351. The van der Waals surface area contributed by atoms with Crippen molar-refractivity contribution in [1.29, 1.82) is 0 Å². The summed E-state index contributed by atoms with van der Waals surface area (Å²) in [4.78, 5) is 23.1. The van der Waals surface area contributed by atoms with Gasteiger partial charge in [-0.3, -0.25) is 0 Å². The molecule has 0 aliphatic rings. The Morgan fingerprint density at radius 3 is 2.67 bits per heavy atom. The molecule has 0 amide bonds. The van der Waals surface area contributed by atoms with Gasteiger partial charge in [0.1, 0.15) is 12.9 Å². The highest BCUT2D eigenvalue weighted by molar-refractivity contribution is 5.86. The van der Waals surface area contributed by atoms with Gasteiger partial charge in [0.15, 0.2) is 0 Å². The minimum absolute atomic E-state index is 0.351. The number of carbonyl (C=O) groups excluding carboxylic acids is 2. The van der Waals surface area contributed by atoms with E-state index in [1.54, 1.807) is 6.92 Å². The third-order valence-electron chi connectivity index (χ3n) is 1.92. The van der Waals surface area contributed by atoms with Crippen molar-refractivity contribution in [2.75, 3.05) is 26.7 Å². The average Bonchev–Trinajstić information content (AvgIpc) is 2.18. The summed E-state index contributed by atoms with van der Waals surface area (Å²) in [6.07, 6.45) is 2.33. The molecule has 0 aromatic carbocycles. The van der Waals surface area contributed by atoms with Gasteiger partial charge in [0.25, 0.3) is 0 Å². The Labute approximate surface area is 90.9 Å². The smallest absolute Gasteiger partial charge is 0.333 e. The molecule has 4 heteroatoms. The summed E-state index contributed by atoms with van der Waals surface area (Å²) >= 11 is 0. The summed E-state index contributed by atoms with van der Waals surface area (Å²) in [6.45, 7) is 6.99. The van der Waals surface area contributed by atoms with Crippen molar-refractivity contribution in [3.63, 3.8) is 0 Å². The van der Waals surface area contributed by atoms with Crippen molar-refractivity contribution in [3.05, 3.63) is 12.2 Å². The summed E-state index contributed by atoms with van der Waals surface area (Å²) in [5, 5.41) is 0. The second-order valence-electron chi connectivity index (χ2n) is 3.53. The maximum Gasteiger partial charge on any atom is 0.333 e. The Bertz CT molecular complexity index is 226.